The molecule has 3 aliphatic rings. The molecule has 1 aromatic heterocycles. The van der Waals surface area contributed by atoms with Gasteiger partial charge in [-0.05, 0) is 87.3 Å². The highest BCUT2D eigenvalue weighted by atomic mass is 16.5. The first-order valence-corrected chi connectivity index (χ1v) is 14.0. The number of carbonyl (C=O) groups excluding carboxylic acids is 1. The summed E-state index contributed by atoms with van der Waals surface area (Å²) in [7, 11) is 1.64. The third-order valence-electron chi connectivity index (χ3n) is 8.00. The fourth-order valence-electron chi connectivity index (χ4n) is 5.71. The van der Waals surface area contributed by atoms with Crippen molar-refractivity contribution in [1.82, 2.24) is 14.5 Å². The summed E-state index contributed by atoms with van der Waals surface area (Å²) in [5, 5.41) is 0. The van der Waals surface area contributed by atoms with E-state index in [9.17, 15) is 4.79 Å². The lowest BCUT2D eigenvalue weighted by atomic mass is 9.97. The molecule has 2 fully saturated rings. The van der Waals surface area contributed by atoms with E-state index in [2.05, 4.69) is 29.0 Å². The zero-order valence-electron chi connectivity index (χ0n) is 21.8. The average Bonchev–Trinajstić information content (AvgIpc) is 3.49. The predicted molar refractivity (Wildman–Crippen MR) is 144 cm³/mol. The van der Waals surface area contributed by atoms with Crippen molar-refractivity contribution in [3.63, 3.8) is 0 Å². The van der Waals surface area contributed by atoms with Gasteiger partial charge in [-0.3, -0.25) is 4.79 Å². The summed E-state index contributed by atoms with van der Waals surface area (Å²) in [5.74, 6) is 3.40. The minimum atomic E-state index is 0.0424. The van der Waals surface area contributed by atoms with E-state index in [4.69, 9.17) is 14.5 Å². The van der Waals surface area contributed by atoms with Crippen LogP contribution in [0.1, 0.15) is 73.1 Å². The van der Waals surface area contributed by atoms with Crippen LogP contribution in [0.2, 0.25) is 0 Å². The molecule has 2 aliphatic carbocycles. The summed E-state index contributed by atoms with van der Waals surface area (Å²) in [6.07, 6.45) is 13.0. The van der Waals surface area contributed by atoms with E-state index in [1.807, 2.05) is 29.2 Å². The maximum absolute atomic E-state index is 13.7. The number of fused-ring (bicyclic) bond motifs is 1. The van der Waals surface area contributed by atoms with Crippen molar-refractivity contribution < 1.29 is 14.3 Å². The van der Waals surface area contributed by atoms with Crippen LogP contribution in [-0.4, -0.2) is 40.1 Å². The minimum absolute atomic E-state index is 0.0424. The summed E-state index contributed by atoms with van der Waals surface area (Å²) in [6, 6.07) is 13.9. The molecule has 1 amide bonds. The number of hydrogen-bond acceptors (Lipinski definition) is 4. The van der Waals surface area contributed by atoms with Crippen LogP contribution in [-0.2, 0) is 19.5 Å². The molecule has 3 aromatic rings. The van der Waals surface area contributed by atoms with Gasteiger partial charge >= 0.3 is 0 Å². The highest BCUT2D eigenvalue weighted by Gasteiger charge is 2.29. The van der Waals surface area contributed by atoms with Gasteiger partial charge in [0, 0.05) is 48.9 Å². The van der Waals surface area contributed by atoms with E-state index < -0.39 is 0 Å². The molecule has 6 heteroatoms. The molecule has 2 aromatic carbocycles. The molecule has 0 unspecified atom stereocenters. The van der Waals surface area contributed by atoms with Gasteiger partial charge in [-0.1, -0.05) is 12.5 Å². The van der Waals surface area contributed by atoms with Crippen molar-refractivity contribution in [3.8, 4) is 22.8 Å². The fraction of sp³-hybridized carbons (Fsp3) is 0.484. The van der Waals surface area contributed by atoms with Crippen molar-refractivity contribution in [2.75, 3.05) is 13.7 Å². The highest BCUT2D eigenvalue weighted by molar-refractivity contribution is 5.94. The smallest absolute Gasteiger partial charge is 0.254 e. The molecule has 0 atom stereocenters. The molecule has 194 valence electrons. The van der Waals surface area contributed by atoms with E-state index in [-0.39, 0.29) is 12.0 Å². The second-order valence-corrected chi connectivity index (χ2v) is 10.9. The second kappa shape index (κ2) is 10.6. The Kier molecular flexibility index (Phi) is 6.90. The van der Waals surface area contributed by atoms with Gasteiger partial charge in [0.25, 0.3) is 5.91 Å². The molecule has 0 spiro atoms. The summed E-state index contributed by atoms with van der Waals surface area (Å²) in [6.45, 7) is 2.33. The van der Waals surface area contributed by atoms with Crippen molar-refractivity contribution in [1.29, 1.82) is 0 Å². The van der Waals surface area contributed by atoms with Crippen molar-refractivity contribution >= 4 is 5.91 Å². The maximum Gasteiger partial charge on any atom is 0.254 e. The minimum Gasteiger partial charge on any atom is -0.497 e. The largest absolute Gasteiger partial charge is 0.497 e. The molecule has 0 bridgehead atoms. The molecule has 2 heterocycles. The Bertz CT molecular complexity index is 1230. The Morgan fingerprint density at radius 3 is 2.70 bits per heavy atom. The van der Waals surface area contributed by atoms with Crippen LogP contribution in [0.4, 0.5) is 0 Å². The van der Waals surface area contributed by atoms with Gasteiger partial charge in [0.15, 0.2) is 0 Å². The lowest BCUT2D eigenvalue weighted by molar-refractivity contribution is 0.0731. The molecule has 6 rings (SSSR count). The van der Waals surface area contributed by atoms with Crippen LogP contribution in [0.5, 0.6) is 11.5 Å². The van der Waals surface area contributed by atoms with Gasteiger partial charge in [-0.15, -0.1) is 0 Å². The Morgan fingerprint density at radius 1 is 1.05 bits per heavy atom. The molecule has 1 aliphatic heterocycles. The molecule has 0 radical (unpaired) electrons. The van der Waals surface area contributed by atoms with Gasteiger partial charge in [0.05, 0.1) is 18.9 Å². The quantitative estimate of drug-likeness (QED) is 0.348. The lowest BCUT2D eigenvalue weighted by Crippen LogP contribution is -2.33. The number of aromatic nitrogens is 2. The van der Waals surface area contributed by atoms with Crippen LogP contribution < -0.4 is 9.47 Å². The summed E-state index contributed by atoms with van der Waals surface area (Å²) in [5.41, 5.74) is 3.82. The van der Waals surface area contributed by atoms with Crippen LogP contribution >= 0.6 is 0 Å². The Labute approximate surface area is 219 Å². The average molecular weight is 500 g/mol. The molecule has 37 heavy (non-hydrogen) atoms. The standard InChI is InChI=1S/C31H37N3O3/c1-36-27-10-5-7-24(18-27)31(35)34(19-22-12-13-22)20-25-17-23(28-21-33-16-6-11-30(33)32-28)14-15-29(25)37-26-8-3-2-4-9-26/h5,7,10,14-15,17-18,21-22,26H,2-4,6,8-9,11-13,16,19-20H2,1H3. The SMILES string of the molecule is COc1cccc(C(=O)N(Cc2cc(-c3cn4c(n3)CCC4)ccc2OC2CCCCC2)CC2CC2)c1. The zero-order valence-corrected chi connectivity index (χ0v) is 21.8. The van der Waals surface area contributed by atoms with E-state index in [1.54, 1.807) is 7.11 Å². The third-order valence-corrected chi connectivity index (χ3v) is 8.00. The molecule has 2 saturated carbocycles. The number of benzene rings is 2. The Balaban J connectivity index is 1.32. The highest BCUT2D eigenvalue weighted by Crippen LogP contribution is 2.34. The summed E-state index contributed by atoms with van der Waals surface area (Å²) >= 11 is 0. The number of rotatable bonds is 9. The van der Waals surface area contributed by atoms with Gasteiger partial charge < -0.3 is 18.9 Å². The van der Waals surface area contributed by atoms with E-state index in [0.717, 1.165) is 54.9 Å². The van der Waals surface area contributed by atoms with Crippen LogP contribution in [0.15, 0.2) is 48.7 Å². The van der Waals surface area contributed by atoms with Crippen molar-refractivity contribution in [3.05, 3.63) is 65.6 Å². The summed E-state index contributed by atoms with van der Waals surface area (Å²) in [4.78, 5) is 20.7. The van der Waals surface area contributed by atoms with Gasteiger partial charge in [0.2, 0.25) is 0 Å². The number of imidazole rings is 1. The molecule has 0 saturated heterocycles. The van der Waals surface area contributed by atoms with Crippen LogP contribution in [0.3, 0.4) is 0 Å². The van der Waals surface area contributed by atoms with Gasteiger partial charge in [0.1, 0.15) is 17.3 Å². The Morgan fingerprint density at radius 2 is 1.92 bits per heavy atom. The fourth-order valence-corrected chi connectivity index (χ4v) is 5.71. The number of nitrogens with zero attached hydrogens (tertiary/aromatic N) is 3. The number of carbonyl (C=O) groups is 1. The van der Waals surface area contributed by atoms with Crippen LogP contribution in [0, 0.1) is 5.92 Å². The van der Waals surface area contributed by atoms with E-state index in [0.29, 0.717) is 23.8 Å². The first kappa shape index (κ1) is 24.1. The first-order chi connectivity index (χ1) is 18.2. The zero-order chi connectivity index (χ0) is 25.2. The first-order valence-electron chi connectivity index (χ1n) is 14.0. The molecular formula is C31H37N3O3. The Hall–Kier alpha value is -3.28. The molecule has 6 nitrogen and oxygen atoms in total. The van der Waals surface area contributed by atoms with Crippen molar-refractivity contribution in [2.45, 2.75) is 77.0 Å². The van der Waals surface area contributed by atoms with E-state index >= 15 is 0 Å². The number of hydrogen-bond donors (Lipinski definition) is 0. The second-order valence-electron chi connectivity index (χ2n) is 10.9. The number of methoxy groups -OCH3 is 1. The maximum atomic E-state index is 13.7. The number of amides is 1. The number of aryl methyl sites for hydroxylation is 2. The normalized spacial score (nSPS) is 17.4. The molecule has 0 N–H and O–H groups in total. The topological polar surface area (TPSA) is 56.6 Å². The lowest BCUT2D eigenvalue weighted by Gasteiger charge is -2.27. The van der Waals surface area contributed by atoms with Gasteiger partial charge in [-0.2, -0.15) is 0 Å². The third kappa shape index (κ3) is 5.53. The molecular weight excluding hydrogens is 462 g/mol. The van der Waals surface area contributed by atoms with Crippen LogP contribution in [0.25, 0.3) is 11.3 Å². The summed E-state index contributed by atoms with van der Waals surface area (Å²) < 4.78 is 14.3. The monoisotopic (exact) mass is 499 g/mol. The number of ether oxygens (including phenoxy) is 2. The predicted octanol–water partition coefficient (Wildman–Crippen LogP) is 6.27. The van der Waals surface area contributed by atoms with Gasteiger partial charge in [-0.25, -0.2) is 4.98 Å². The van der Waals surface area contributed by atoms with Crippen molar-refractivity contribution in [2.24, 2.45) is 5.92 Å². The van der Waals surface area contributed by atoms with E-state index in [1.165, 1.54) is 44.3 Å².